The second-order valence-corrected chi connectivity index (χ2v) is 4.78. The minimum absolute atomic E-state index is 0.0199. The molecular formula is C9H12FO4P. The van der Waals surface area contributed by atoms with E-state index in [9.17, 15) is 19.0 Å². The van der Waals surface area contributed by atoms with Gasteiger partial charge in [0.2, 0.25) is 0 Å². The lowest BCUT2D eigenvalue weighted by Gasteiger charge is -2.17. The summed E-state index contributed by atoms with van der Waals surface area (Å²) in [5.74, 6) is -2.12. The summed E-state index contributed by atoms with van der Waals surface area (Å²) in [4.78, 5) is 9.30. The minimum Gasteiger partial charge on any atom is -0.376 e. The molecule has 1 aromatic carbocycles. The molecule has 0 aliphatic rings. The van der Waals surface area contributed by atoms with E-state index in [1.807, 2.05) is 0 Å². The van der Waals surface area contributed by atoms with Crippen LogP contribution in [0.2, 0.25) is 0 Å². The molecule has 0 fully saturated rings. The summed E-state index contributed by atoms with van der Waals surface area (Å²) in [5, 5.41) is 9.51. The fraction of sp³-hybridized carbons (Fsp3) is 0.333. The fourth-order valence-electron chi connectivity index (χ4n) is 1.08. The predicted octanol–water partition coefficient (Wildman–Crippen LogP) is 2.04. The van der Waals surface area contributed by atoms with Crippen LogP contribution in [0.5, 0.6) is 0 Å². The monoisotopic (exact) mass is 234 g/mol. The molecule has 0 heterocycles. The average Bonchev–Trinajstić information content (AvgIpc) is 2.18. The van der Waals surface area contributed by atoms with Gasteiger partial charge in [-0.05, 0) is 24.6 Å². The lowest BCUT2D eigenvalue weighted by atomic mass is 10.2. The van der Waals surface area contributed by atoms with Crippen molar-refractivity contribution >= 4 is 7.60 Å². The maximum atomic E-state index is 12.6. The molecule has 0 saturated carbocycles. The van der Waals surface area contributed by atoms with Crippen LogP contribution in [0.15, 0.2) is 24.3 Å². The molecule has 1 rings (SSSR count). The van der Waals surface area contributed by atoms with Crippen molar-refractivity contribution in [1.29, 1.82) is 0 Å². The molecule has 0 amide bonds. The molecule has 2 unspecified atom stereocenters. The Morgan fingerprint density at radius 1 is 1.47 bits per heavy atom. The Balaban J connectivity index is 2.89. The summed E-state index contributed by atoms with van der Waals surface area (Å²) in [7, 11) is -4.09. The number of halogens is 1. The summed E-state index contributed by atoms with van der Waals surface area (Å²) in [6.07, 6.45) is 0. The second kappa shape index (κ2) is 4.86. The van der Waals surface area contributed by atoms with Gasteiger partial charge in [-0.3, -0.25) is 4.57 Å². The third-order valence-electron chi connectivity index (χ3n) is 1.79. The molecule has 0 radical (unpaired) electrons. The quantitative estimate of drug-likeness (QED) is 0.782. The highest BCUT2D eigenvalue weighted by Crippen LogP contribution is 2.54. The van der Waals surface area contributed by atoms with Gasteiger partial charge in [-0.1, -0.05) is 12.1 Å². The van der Waals surface area contributed by atoms with E-state index in [0.29, 0.717) is 0 Å². The van der Waals surface area contributed by atoms with Crippen LogP contribution in [-0.4, -0.2) is 16.6 Å². The Labute approximate surface area is 86.9 Å². The molecule has 6 heteroatoms. The van der Waals surface area contributed by atoms with Crippen molar-refractivity contribution in [2.45, 2.75) is 12.8 Å². The van der Waals surface area contributed by atoms with E-state index in [1.54, 1.807) is 6.92 Å². The first-order chi connectivity index (χ1) is 6.97. The molecule has 0 spiro atoms. The topological polar surface area (TPSA) is 66.8 Å². The molecule has 1 aromatic rings. The minimum atomic E-state index is -4.09. The highest BCUT2D eigenvalue weighted by molar-refractivity contribution is 7.53. The van der Waals surface area contributed by atoms with Gasteiger partial charge >= 0.3 is 7.60 Å². The third-order valence-corrected chi connectivity index (χ3v) is 3.34. The molecular weight excluding hydrogens is 222 g/mol. The number of hydrogen-bond acceptors (Lipinski definition) is 3. The van der Waals surface area contributed by atoms with Crippen LogP contribution in [0.1, 0.15) is 18.3 Å². The molecule has 2 N–H and O–H groups in total. The van der Waals surface area contributed by atoms with E-state index >= 15 is 0 Å². The van der Waals surface area contributed by atoms with E-state index < -0.39 is 19.3 Å². The van der Waals surface area contributed by atoms with Crippen LogP contribution in [0.25, 0.3) is 0 Å². The van der Waals surface area contributed by atoms with Crippen molar-refractivity contribution in [2.24, 2.45) is 0 Å². The first-order valence-corrected chi connectivity index (χ1v) is 6.02. The molecule has 84 valence electrons. The summed E-state index contributed by atoms with van der Waals surface area (Å²) in [6, 6.07) is 4.68. The van der Waals surface area contributed by atoms with Crippen LogP contribution in [0, 0.1) is 5.82 Å². The maximum Gasteiger partial charge on any atom is 0.360 e. The number of aliphatic hydroxyl groups excluding tert-OH is 1. The molecule has 2 atom stereocenters. The lowest BCUT2D eigenvalue weighted by Crippen LogP contribution is -2.02. The van der Waals surface area contributed by atoms with Gasteiger partial charge in [0.1, 0.15) is 5.82 Å². The largest absolute Gasteiger partial charge is 0.376 e. The van der Waals surface area contributed by atoms with Gasteiger partial charge in [0.25, 0.3) is 0 Å². The highest BCUT2D eigenvalue weighted by Gasteiger charge is 2.31. The van der Waals surface area contributed by atoms with Gasteiger partial charge in [0.15, 0.2) is 5.85 Å². The van der Waals surface area contributed by atoms with Gasteiger partial charge in [-0.25, -0.2) is 4.39 Å². The van der Waals surface area contributed by atoms with Crippen molar-refractivity contribution in [3.8, 4) is 0 Å². The van der Waals surface area contributed by atoms with Gasteiger partial charge in [-0.15, -0.1) is 0 Å². The average molecular weight is 234 g/mol. The SMILES string of the molecule is CCOP(=O)(O)C(O)c1ccc(F)cc1. The van der Waals surface area contributed by atoms with Crippen LogP contribution in [0.3, 0.4) is 0 Å². The van der Waals surface area contributed by atoms with Crippen molar-refractivity contribution < 1.29 is 23.5 Å². The van der Waals surface area contributed by atoms with Gasteiger partial charge in [0, 0.05) is 0 Å². The van der Waals surface area contributed by atoms with Crippen LogP contribution < -0.4 is 0 Å². The van der Waals surface area contributed by atoms with Crippen LogP contribution >= 0.6 is 7.60 Å². The molecule has 0 aliphatic carbocycles. The second-order valence-electron chi connectivity index (χ2n) is 2.91. The molecule has 0 aliphatic heterocycles. The smallest absolute Gasteiger partial charge is 0.360 e. The van der Waals surface area contributed by atoms with Crippen molar-refractivity contribution in [3.05, 3.63) is 35.6 Å². The van der Waals surface area contributed by atoms with E-state index in [4.69, 9.17) is 0 Å². The van der Waals surface area contributed by atoms with Crippen molar-refractivity contribution in [3.63, 3.8) is 0 Å². The highest BCUT2D eigenvalue weighted by atomic mass is 31.2. The zero-order valence-electron chi connectivity index (χ0n) is 8.13. The predicted molar refractivity (Wildman–Crippen MR) is 52.8 cm³/mol. The van der Waals surface area contributed by atoms with Crippen molar-refractivity contribution in [2.75, 3.05) is 6.61 Å². The number of rotatable bonds is 4. The van der Waals surface area contributed by atoms with E-state index in [2.05, 4.69) is 4.52 Å². The molecule has 15 heavy (non-hydrogen) atoms. The first-order valence-electron chi connectivity index (χ1n) is 4.38. The zero-order chi connectivity index (χ0) is 11.5. The Morgan fingerprint density at radius 3 is 2.47 bits per heavy atom. The maximum absolute atomic E-state index is 12.6. The Kier molecular flexibility index (Phi) is 3.99. The van der Waals surface area contributed by atoms with E-state index in [0.717, 1.165) is 12.1 Å². The molecule has 4 nitrogen and oxygen atoms in total. The number of benzene rings is 1. The van der Waals surface area contributed by atoms with Gasteiger partial charge in [-0.2, -0.15) is 0 Å². The summed E-state index contributed by atoms with van der Waals surface area (Å²) < 4.78 is 28.5. The third kappa shape index (κ3) is 3.11. The molecule has 0 saturated heterocycles. The summed E-state index contributed by atoms with van der Waals surface area (Å²) in [5.41, 5.74) is 0.149. The normalized spacial score (nSPS) is 17.1. The fourth-order valence-corrected chi connectivity index (χ4v) is 2.14. The van der Waals surface area contributed by atoms with Crippen molar-refractivity contribution in [1.82, 2.24) is 0 Å². The summed E-state index contributed by atoms with van der Waals surface area (Å²) in [6.45, 7) is 1.56. The Morgan fingerprint density at radius 2 is 2.00 bits per heavy atom. The zero-order valence-corrected chi connectivity index (χ0v) is 9.02. The van der Waals surface area contributed by atoms with E-state index in [-0.39, 0.29) is 12.2 Å². The first kappa shape index (κ1) is 12.3. The standard InChI is InChI=1S/C9H12FO4P/c1-2-14-15(12,13)9(11)7-3-5-8(10)6-4-7/h3-6,9,11H,2H2,1H3,(H,12,13). The van der Waals surface area contributed by atoms with Crippen LogP contribution in [0.4, 0.5) is 4.39 Å². The Bertz CT molecular complexity index is 365. The lowest BCUT2D eigenvalue weighted by molar-refractivity contribution is 0.177. The van der Waals surface area contributed by atoms with Gasteiger partial charge < -0.3 is 14.5 Å². The van der Waals surface area contributed by atoms with Gasteiger partial charge in [0.05, 0.1) is 6.61 Å². The van der Waals surface area contributed by atoms with E-state index in [1.165, 1.54) is 12.1 Å². The Hall–Kier alpha value is -0.740. The van der Waals surface area contributed by atoms with Crippen LogP contribution in [-0.2, 0) is 9.09 Å². The molecule has 0 bridgehead atoms. The molecule has 0 aromatic heterocycles. The number of hydrogen-bond donors (Lipinski definition) is 2. The number of aliphatic hydroxyl groups is 1. The summed E-state index contributed by atoms with van der Waals surface area (Å²) >= 11 is 0.